The maximum Gasteiger partial charge on any atom is 0.128 e. The van der Waals surface area contributed by atoms with Gasteiger partial charge < -0.3 is 5.32 Å². The predicted octanol–water partition coefficient (Wildman–Crippen LogP) is 4.09. The van der Waals surface area contributed by atoms with Gasteiger partial charge in [-0.2, -0.15) is 0 Å². The minimum Gasteiger partial charge on any atom is -0.312 e. The Morgan fingerprint density at radius 1 is 1.41 bits per heavy atom. The van der Waals surface area contributed by atoms with Crippen LogP contribution in [0.25, 0.3) is 0 Å². The van der Waals surface area contributed by atoms with Crippen LogP contribution in [0.15, 0.2) is 22.7 Å². The number of halogens is 3. The average molecular weight is 321 g/mol. The van der Waals surface area contributed by atoms with E-state index in [9.17, 15) is 4.39 Å². The molecule has 4 heteroatoms. The van der Waals surface area contributed by atoms with E-state index in [0.717, 1.165) is 17.4 Å². The van der Waals surface area contributed by atoms with Gasteiger partial charge in [0.15, 0.2) is 0 Å². The molecule has 1 aliphatic rings. The quantitative estimate of drug-likeness (QED) is 0.824. The SMILES string of the molecule is Fc1cc(Br)ccc1CNCC1CCCC1Cl. The lowest BCUT2D eigenvalue weighted by Gasteiger charge is -2.14. The van der Waals surface area contributed by atoms with Gasteiger partial charge in [-0.1, -0.05) is 28.4 Å². The van der Waals surface area contributed by atoms with Crippen LogP contribution in [0.2, 0.25) is 0 Å². The van der Waals surface area contributed by atoms with Crippen LogP contribution in [0.3, 0.4) is 0 Å². The minimum absolute atomic E-state index is 0.166. The number of benzene rings is 1. The van der Waals surface area contributed by atoms with Gasteiger partial charge in [0.25, 0.3) is 0 Å². The summed E-state index contributed by atoms with van der Waals surface area (Å²) in [6.45, 7) is 1.45. The van der Waals surface area contributed by atoms with Crippen LogP contribution in [0.4, 0.5) is 4.39 Å². The van der Waals surface area contributed by atoms with Crippen LogP contribution in [-0.4, -0.2) is 11.9 Å². The first-order valence-electron chi connectivity index (χ1n) is 5.95. The molecule has 0 heterocycles. The molecule has 0 amide bonds. The lowest BCUT2D eigenvalue weighted by molar-refractivity contribution is 0.487. The molecule has 1 nitrogen and oxygen atoms in total. The standard InChI is InChI=1S/C13H16BrClFN/c14-11-5-4-10(13(16)6-11)8-17-7-9-2-1-3-12(9)15/h4-6,9,12,17H,1-3,7-8H2. The lowest BCUT2D eigenvalue weighted by Crippen LogP contribution is -2.25. The molecule has 1 fully saturated rings. The lowest BCUT2D eigenvalue weighted by atomic mass is 10.1. The van der Waals surface area contributed by atoms with Crippen LogP contribution in [-0.2, 0) is 6.54 Å². The van der Waals surface area contributed by atoms with Crippen LogP contribution in [0.1, 0.15) is 24.8 Å². The Kier molecular flexibility index (Phi) is 4.83. The van der Waals surface area contributed by atoms with E-state index in [0.29, 0.717) is 18.0 Å². The maximum atomic E-state index is 13.5. The second-order valence-corrected chi connectivity index (χ2v) is 6.05. The van der Waals surface area contributed by atoms with Crippen molar-refractivity contribution in [1.82, 2.24) is 5.32 Å². The smallest absolute Gasteiger partial charge is 0.128 e. The average Bonchev–Trinajstić information content (AvgIpc) is 2.68. The first kappa shape index (κ1) is 13.3. The second kappa shape index (κ2) is 6.17. The van der Waals surface area contributed by atoms with Crippen molar-refractivity contribution in [3.8, 4) is 0 Å². The van der Waals surface area contributed by atoms with Gasteiger partial charge >= 0.3 is 0 Å². The molecule has 2 unspecified atom stereocenters. The van der Waals surface area contributed by atoms with E-state index >= 15 is 0 Å². The van der Waals surface area contributed by atoms with E-state index < -0.39 is 0 Å². The molecule has 1 N–H and O–H groups in total. The molecule has 94 valence electrons. The highest BCUT2D eigenvalue weighted by Crippen LogP contribution is 2.29. The Morgan fingerprint density at radius 2 is 2.24 bits per heavy atom. The molecule has 1 aliphatic carbocycles. The normalized spacial score (nSPS) is 24.2. The van der Waals surface area contributed by atoms with Crippen LogP contribution in [0, 0.1) is 11.7 Å². The molecule has 0 radical (unpaired) electrons. The Bertz CT molecular complexity index is 386. The maximum absolute atomic E-state index is 13.5. The van der Waals surface area contributed by atoms with Gasteiger partial charge in [0.05, 0.1) is 0 Å². The summed E-state index contributed by atoms with van der Waals surface area (Å²) in [6, 6.07) is 5.16. The van der Waals surface area contributed by atoms with Crippen molar-refractivity contribution in [1.29, 1.82) is 0 Å². The zero-order valence-electron chi connectivity index (χ0n) is 9.56. The van der Waals surface area contributed by atoms with Gasteiger partial charge in [-0.3, -0.25) is 0 Å². The van der Waals surface area contributed by atoms with E-state index in [1.165, 1.54) is 18.9 Å². The van der Waals surface area contributed by atoms with E-state index in [1.807, 2.05) is 6.07 Å². The minimum atomic E-state index is -0.166. The van der Waals surface area contributed by atoms with E-state index in [1.54, 1.807) is 6.07 Å². The molecule has 17 heavy (non-hydrogen) atoms. The zero-order valence-corrected chi connectivity index (χ0v) is 11.9. The van der Waals surface area contributed by atoms with Crippen LogP contribution in [0.5, 0.6) is 0 Å². The third-order valence-electron chi connectivity index (χ3n) is 3.30. The summed E-state index contributed by atoms with van der Waals surface area (Å²) < 4.78 is 14.3. The molecule has 0 aromatic heterocycles. The van der Waals surface area contributed by atoms with E-state index in [-0.39, 0.29) is 11.2 Å². The fourth-order valence-electron chi connectivity index (χ4n) is 2.28. The molecule has 2 rings (SSSR count). The Morgan fingerprint density at radius 3 is 2.88 bits per heavy atom. The first-order valence-corrected chi connectivity index (χ1v) is 7.18. The summed E-state index contributed by atoms with van der Waals surface area (Å²) >= 11 is 9.44. The third kappa shape index (κ3) is 3.67. The predicted molar refractivity (Wildman–Crippen MR) is 72.8 cm³/mol. The molecule has 0 saturated heterocycles. The number of alkyl halides is 1. The third-order valence-corrected chi connectivity index (χ3v) is 4.37. The van der Waals surface area contributed by atoms with E-state index in [2.05, 4.69) is 21.2 Å². The van der Waals surface area contributed by atoms with Crippen molar-refractivity contribution < 1.29 is 4.39 Å². The summed E-state index contributed by atoms with van der Waals surface area (Å²) in [5.74, 6) is 0.371. The van der Waals surface area contributed by atoms with Gasteiger partial charge in [0, 0.05) is 22.0 Å². The van der Waals surface area contributed by atoms with Gasteiger partial charge in [-0.15, -0.1) is 11.6 Å². The fourth-order valence-corrected chi connectivity index (χ4v) is 2.98. The van der Waals surface area contributed by atoms with Crippen LogP contribution < -0.4 is 5.32 Å². The molecule has 0 spiro atoms. The summed E-state index contributed by atoms with van der Waals surface area (Å²) in [5, 5.41) is 3.58. The number of hydrogen-bond donors (Lipinski definition) is 1. The van der Waals surface area contributed by atoms with Gasteiger partial charge in [0.2, 0.25) is 0 Å². The summed E-state index contributed by atoms with van der Waals surface area (Å²) in [7, 11) is 0. The highest BCUT2D eigenvalue weighted by molar-refractivity contribution is 9.10. The zero-order chi connectivity index (χ0) is 12.3. The molecule has 1 aromatic rings. The Hall–Kier alpha value is -0.120. The second-order valence-electron chi connectivity index (χ2n) is 4.57. The molecule has 1 saturated carbocycles. The molecule has 2 atom stereocenters. The fraction of sp³-hybridized carbons (Fsp3) is 0.538. The van der Waals surface area contributed by atoms with Gasteiger partial charge in [0.1, 0.15) is 5.82 Å². The van der Waals surface area contributed by atoms with Crippen LogP contribution >= 0.6 is 27.5 Å². The van der Waals surface area contributed by atoms with Crippen molar-refractivity contribution >= 4 is 27.5 Å². The van der Waals surface area contributed by atoms with Crippen molar-refractivity contribution in [3.63, 3.8) is 0 Å². The molecule has 0 bridgehead atoms. The summed E-state index contributed by atoms with van der Waals surface area (Å²) in [6.07, 6.45) is 3.51. The number of rotatable bonds is 4. The van der Waals surface area contributed by atoms with Crippen molar-refractivity contribution in [2.45, 2.75) is 31.2 Å². The number of nitrogens with one attached hydrogen (secondary N) is 1. The highest BCUT2D eigenvalue weighted by atomic mass is 79.9. The van der Waals surface area contributed by atoms with Crippen molar-refractivity contribution in [2.24, 2.45) is 5.92 Å². The van der Waals surface area contributed by atoms with Gasteiger partial charge in [-0.25, -0.2) is 4.39 Å². The summed E-state index contributed by atoms with van der Waals surface area (Å²) in [4.78, 5) is 0. The Balaban J connectivity index is 1.81. The first-order chi connectivity index (χ1) is 8.16. The van der Waals surface area contributed by atoms with E-state index in [4.69, 9.17) is 11.6 Å². The monoisotopic (exact) mass is 319 g/mol. The Labute approximate surface area is 115 Å². The largest absolute Gasteiger partial charge is 0.312 e. The van der Waals surface area contributed by atoms with Crippen molar-refractivity contribution in [3.05, 3.63) is 34.1 Å². The molecule has 0 aliphatic heterocycles. The summed E-state index contributed by atoms with van der Waals surface area (Å²) in [5.41, 5.74) is 0.706. The molecule has 1 aromatic carbocycles. The number of hydrogen-bond acceptors (Lipinski definition) is 1. The van der Waals surface area contributed by atoms with Crippen molar-refractivity contribution in [2.75, 3.05) is 6.54 Å². The molecular formula is C13H16BrClFN. The molecular weight excluding hydrogens is 305 g/mol. The topological polar surface area (TPSA) is 12.0 Å². The highest BCUT2D eigenvalue weighted by Gasteiger charge is 2.24. The van der Waals surface area contributed by atoms with Gasteiger partial charge in [-0.05, 0) is 37.4 Å².